The summed E-state index contributed by atoms with van der Waals surface area (Å²) < 4.78 is 5.37. The normalized spacial score (nSPS) is 22.0. The first kappa shape index (κ1) is 14.4. The predicted molar refractivity (Wildman–Crippen MR) is 76.4 cm³/mol. The number of hydrogen-bond acceptors (Lipinski definition) is 4. The van der Waals surface area contributed by atoms with Crippen molar-refractivity contribution in [3.8, 4) is 0 Å². The standard InChI is InChI=1S/C12H13Cl2N5O2/c1-21-6-2-9(11-15-5-16-18-11)19(4-6)12(20)8-3-7(13)10(14)17-8/h3,5-6,9,17H,2,4H2,1H3,(H,15,16,18)/t6-,9+/m1/s1. The van der Waals surface area contributed by atoms with Crippen LogP contribution in [0.25, 0.3) is 0 Å². The van der Waals surface area contributed by atoms with Gasteiger partial charge in [-0.3, -0.25) is 9.89 Å². The molecular formula is C12H13Cl2N5O2. The van der Waals surface area contributed by atoms with Gasteiger partial charge in [-0.15, -0.1) is 0 Å². The monoisotopic (exact) mass is 329 g/mol. The van der Waals surface area contributed by atoms with Gasteiger partial charge in [0.05, 0.1) is 17.2 Å². The number of nitrogens with one attached hydrogen (secondary N) is 2. The first-order chi connectivity index (χ1) is 10.1. The van der Waals surface area contributed by atoms with Gasteiger partial charge >= 0.3 is 0 Å². The number of nitrogens with zero attached hydrogens (tertiary/aromatic N) is 3. The molecule has 2 atom stereocenters. The quantitative estimate of drug-likeness (QED) is 0.902. The summed E-state index contributed by atoms with van der Waals surface area (Å²) in [7, 11) is 1.62. The van der Waals surface area contributed by atoms with E-state index in [2.05, 4.69) is 20.2 Å². The maximum absolute atomic E-state index is 12.6. The minimum Gasteiger partial charge on any atom is -0.380 e. The lowest BCUT2D eigenvalue weighted by Gasteiger charge is -2.21. The van der Waals surface area contributed by atoms with Crippen LogP contribution in [0.1, 0.15) is 28.8 Å². The zero-order valence-electron chi connectivity index (χ0n) is 11.1. The van der Waals surface area contributed by atoms with Crippen molar-refractivity contribution in [3.05, 3.63) is 34.1 Å². The van der Waals surface area contributed by atoms with Gasteiger partial charge in [0.25, 0.3) is 5.91 Å². The first-order valence-electron chi connectivity index (χ1n) is 6.33. The average Bonchev–Trinajstić information content (AvgIpc) is 3.18. The van der Waals surface area contributed by atoms with Gasteiger partial charge in [0.2, 0.25) is 0 Å². The third-order valence-electron chi connectivity index (χ3n) is 3.56. The fraction of sp³-hybridized carbons (Fsp3) is 0.417. The summed E-state index contributed by atoms with van der Waals surface area (Å²) in [6.45, 7) is 0.467. The second kappa shape index (κ2) is 5.67. The summed E-state index contributed by atoms with van der Waals surface area (Å²) in [4.78, 5) is 21.2. The second-order valence-electron chi connectivity index (χ2n) is 4.78. The molecule has 7 nitrogen and oxygen atoms in total. The molecule has 2 aromatic heterocycles. The molecule has 9 heteroatoms. The van der Waals surface area contributed by atoms with Crippen molar-refractivity contribution in [2.24, 2.45) is 0 Å². The van der Waals surface area contributed by atoms with Gasteiger partial charge in [0.15, 0.2) is 0 Å². The lowest BCUT2D eigenvalue weighted by molar-refractivity contribution is 0.0679. The Hall–Kier alpha value is -1.57. The molecule has 1 fully saturated rings. The van der Waals surface area contributed by atoms with Crippen LogP contribution in [0.15, 0.2) is 12.4 Å². The summed E-state index contributed by atoms with van der Waals surface area (Å²) in [6.07, 6.45) is 2.02. The SMILES string of the molecule is CO[C@@H]1C[C@@H](c2ncn[nH]2)N(C(=O)c2cc(Cl)c(Cl)[nH]2)C1. The van der Waals surface area contributed by atoms with E-state index in [1.807, 2.05) is 0 Å². The maximum atomic E-state index is 12.6. The summed E-state index contributed by atoms with van der Waals surface area (Å²) in [5, 5.41) is 7.21. The molecule has 0 radical (unpaired) electrons. The molecule has 2 aromatic rings. The highest BCUT2D eigenvalue weighted by Crippen LogP contribution is 2.33. The fourth-order valence-electron chi connectivity index (χ4n) is 2.50. The number of rotatable bonds is 3. The third-order valence-corrected chi connectivity index (χ3v) is 4.25. The number of amides is 1. The number of aromatic nitrogens is 4. The number of ether oxygens (including phenoxy) is 1. The molecule has 0 aliphatic carbocycles. The van der Waals surface area contributed by atoms with Crippen LogP contribution >= 0.6 is 23.2 Å². The van der Waals surface area contributed by atoms with Crippen LogP contribution in [-0.4, -0.2) is 50.7 Å². The van der Waals surface area contributed by atoms with Crippen LogP contribution in [0.5, 0.6) is 0 Å². The molecule has 0 bridgehead atoms. The highest BCUT2D eigenvalue weighted by atomic mass is 35.5. The van der Waals surface area contributed by atoms with Crippen LogP contribution in [0, 0.1) is 0 Å². The van der Waals surface area contributed by atoms with E-state index in [0.29, 0.717) is 29.5 Å². The van der Waals surface area contributed by atoms with Crippen molar-refractivity contribution in [1.82, 2.24) is 25.1 Å². The van der Waals surface area contributed by atoms with Gasteiger partial charge in [-0.1, -0.05) is 23.2 Å². The number of hydrogen-bond donors (Lipinski definition) is 2. The first-order valence-corrected chi connectivity index (χ1v) is 7.08. The van der Waals surface area contributed by atoms with E-state index in [4.69, 9.17) is 27.9 Å². The Morgan fingerprint density at radius 1 is 1.52 bits per heavy atom. The molecule has 1 aliphatic rings. The highest BCUT2D eigenvalue weighted by molar-refractivity contribution is 6.41. The molecule has 1 saturated heterocycles. The number of likely N-dealkylation sites (tertiary alicyclic amines) is 1. The second-order valence-corrected chi connectivity index (χ2v) is 5.57. The zero-order chi connectivity index (χ0) is 15.0. The van der Waals surface area contributed by atoms with Crippen LogP contribution < -0.4 is 0 Å². The molecule has 112 valence electrons. The number of carbonyl (C=O) groups excluding carboxylic acids is 1. The Bertz CT molecular complexity index is 623. The molecule has 2 N–H and O–H groups in total. The topological polar surface area (TPSA) is 86.9 Å². The summed E-state index contributed by atoms with van der Waals surface area (Å²) in [5.74, 6) is 0.427. The molecule has 1 amide bonds. The molecule has 3 rings (SSSR count). The maximum Gasteiger partial charge on any atom is 0.271 e. The smallest absolute Gasteiger partial charge is 0.271 e. The lowest BCUT2D eigenvalue weighted by atomic mass is 10.2. The molecule has 0 unspecified atom stereocenters. The van der Waals surface area contributed by atoms with Crippen molar-refractivity contribution in [3.63, 3.8) is 0 Å². The van der Waals surface area contributed by atoms with E-state index in [-0.39, 0.29) is 23.2 Å². The van der Waals surface area contributed by atoms with Gasteiger partial charge in [-0.25, -0.2) is 4.98 Å². The molecule has 21 heavy (non-hydrogen) atoms. The minimum absolute atomic E-state index is 0.0510. The Morgan fingerprint density at radius 2 is 2.33 bits per heavy atom. The number of H-pyrrole nitrogens is 2. The molecule has 0 aromatic carbocycles. The molecule has 0 spiro atoms. The lowest BCUT2D eigenvalue weighted by Crippen LogP contribution is -2.32. The van der Waals surface area contributed by atoms with Crippen molar-refractivity contribution in [2.45, 2.75) is 18.6 Å². The summed E-state index contributed by atoms with van der Waals surface area (Å²) >= 11 is 11.7. The third kappa shape index (κ3) is 2.64. The number of carbonyl (C=O) groups is 1. The highest BCUT2D eigenvalue weighted by Gasteiger charge is 2.38. The van der Waals surface area contributed by atoms with Crippen LogP contribution in [0.3, 0.4) is 0 Å². The Balaban J connectivity index is 1.89. The molecule has 0 saturated carbocycles. The van der Waals surface area contributed by atoms with Crippen molar-refractivity contribution >= 4 is 29.1 Å². The Kier molecular flexibility index (Phi) is 3.88. The van der Waals surface area contributed by atoms with E-state index in [0.717, 1.165) is 0 Å². The summed E-state index contributed by atoms with van der Waals surface area (Å²) in [5.41, 5.74) is 0.339. The van der Waals surface area contributed by atoms with Crippen LogP contribution in [0.2, 0.25) is 10.2 Å². The Morgan fingerprint density at radius 3 is 2.90 bits per heavy atom. The molecule has 3 heterocycles. The van der Waals surface area contributed by atoms with Crippen LogP contribution in [0.4, 0.5) is 0 Å². The van der Waals surface area contributed by atoms with Crippen molar-refractivity contribution < 1.29 is 9.53 Å². The number of aromatic amines is 2. The summed E-state index contributed by atoms with van der Waals surface area (Å²) in [6, 6.07) is 1.30. The fourth-order valence-corrected chi connectivity index (χ4v) is 2.81. The predicted octanol–water partition coefficient (Wildman–Crippen LogP) is 2.04. The van der Waals surface area contributed by atoms with Gasteiger partial charge in [0, 0.05) is 20.1 Å². The minimum atomic E-state index is -0.217. The van der Waals surface area contributed by atoms with E-state index in [1.165, 1.54) is 12.4 Å². The van der Waals surface area contributed by atoms with Gasteiger partial charge in [-0.2, -0.15) is 5.10 Å². The Labute approximate surface area is 130 Å². The molecule has 1 aliphatic heterocycles. The van der Waals surface area contributed by atoms with Crippen molar-refractivity contribution in [2.75, 3.05) is 13.7 Å². The average molecular weight is 330 g/mol. The number of halogens is 2. The van der Waals surface area contributed by atoms with E-state index in [9.17, 15) is 4.79 Å². The van der Waals surface area contributed by atoms with Crippen LogP contribution in [-0.2, 0) is 4.74 Å². The largest absolute Gasteiger partial charge is 0.380 e. The van der Waals surface area contributed by atoms with E-state index in [1.54, 1.807) is 12.0 Å². The zero-order valence-corrected chi connectivity index (χ0v) is 12.6. The van der Waals surface area contributed by atoms with Gasteiger partial charge < -0.3 is 14.6 Å². The van der Waals surface area contributed by atoms with Gasteiger partial charge in [-0.05, 0) is 6.07 Å². The van der Waals surface area contributed by atoms with Gasteiger partial charge in [0.1, 0.15) is 23.0 Å². The van der Waals surface area contributed by atoms with Crippen molar-refractivity contribution in [1.29, 1.82) is 0 Å². The molecular weight excluding hydrogens is 317 g/mol. The number of methoxy groups -OCH3 is 1. The van der Waals surface area contributed by atoms with E-state index >= 15 is 0 Å². The van der Waals surface area contributed by atoms with E-state index < -0.39 is 0 Å².